The first kappa shape index (κ1) is 25.2. The Morgan fingerprint density at radius 1 is 0.912 bits per heavy atom. The first-order chi connectivity index (χ1) is 16.3. The van der Waals surface area contributed by atoms with Crippen LogP contribution in [0.15, 0.2) is 48.5 Å². The van der Waals surface area contributed by atoms with Gasteiger partial charge in [-0.25, -0.2) is 9.59 Å². The third-order valence-electron chi connectivity index (χ3n) is 5.66. The maximum absolute atomic E-state index is 12.2. The Labute approximate surface area is 200 Å². The predicted octanol–water partition coefficient (Wildman–Crippen LogP) is 3.74. The molecule has 8 nitrogen and oxygen atoms in total. The van der Waals surface area contributed by atoms with Gasteiger partial charge in [0.25, 0.3) is 0 Å². The molecule has 34 heavy (non-hydrogen) atoms. The molecule has 1 aliphatic carbocycles. The van der Waals surface area contributed by atoms with Crippen molar-refractivity contribution in [3.05, 3.63) is 59.7 Å². The Morgan fingerprint density at radius 2 is 1.53 bits per heavy atom. The number of carbonyl (C=O) groups is 3. The fourth-order valence-corrected chi connectivity index (χ4v) is 3.70. The molecule has 8 heteroatoms. The van der Waals surface area contributed by atoms with Crippen molar-refractivity contribution in [3.63, 3.8) is 0 Å². The summed E-state index contributed by atoms with van der Waals surface area (Å²) < 4.78 is 16.0. The summed E-state index contributed by atoms with van der Waals surface area (Å²) in [6, 6.07) is 16.1. The quantitative estimate of drug-likeness (QED) is 0.296. The summed E-state index contributed by atoms with van der Waals surface area (Å²) in [6.07, 6.45) is 1.01. The molecule has 2 N–H and O–H groups in total. The second-order valence-electron chi connectivity index (χ2n) is 8.57. The summed E-state index contributed by atoms with van der Waals surface area (Å²) in [5, 5.41) is 4.94. The monoisotopic (exact) mass is 468 g/mol. The van der Waals surface area contributed by atoms with Crippen LogP contribution < -0.4 is 10.6 Å². The van der Waals surface area contributed by atoms with Crippen molar-refractivity contribution in [2.45, 2.75) is 45.1 Å². The molecule has 0 saturated heterocycles. The average Bonchev–Trinajstić information content (AvgIpc) is 3.15. The molecule has 2 amide bonds. The summed E-state index contributed by atoms with van der Waals surface area (Å²) >= 11 is 0. The molecule has 0 radical (unpaired) electrons. The fraction of sp³-hybridized carbons (Fsp3) is 0.423. The minimum Gasteiger partial charge on any atom is -0.464 e. The van der Waals surface area contributed by atoms with Crippen LogP contribution in [0.3, 0.4) is 0 Å². The molecular formula is C26H32N2O6. The molecule has 0 spiro atoms. The van der Waals surface area contributed by atoms with Gasteiger partial charge in [-0.1, -0.05) is 61.9 Å². The van der Waals surface area contributed by atoms with E-state index in [-0.39, 0.29) is 25.8 Å². The molecule has 1 aliphatic rings. The molecule has 0 unspecified atom stereocenters. The highest BCUT2D eigenvalue weighted by Crippen LogP contribution is 2.44. The second kappa shape index (κ2) is 11.7. The van der Waals surface area contributed by atoms with Crippen molar-refractivity contribution in [1.82, 2.24) is 10.6 Å². The summed E-state index contributed by atoms with van der Waals surface area (Å²) in [7, 11) is 0. The lowest BCUT2D eigenvalue weighted by Crippen LogP contribution is -2.43. The van der Waals surface area contributed by atoms with Gasteiger partial charge in [-0.3, -0.25) is 4.79 Å². The Kier molecular flexibility index (Phi) is 8.65. The fourth-order valence-electron chi connectivity index (χ4n) is 3.70. The van der Waals surface area contributed by atoms with E-state index in [0.29, 0.717) is 6.61 Å². The summed E-state index contributed by atoms with van der Waals surface area (Å²) in [6.45, 7) is 5.17. The van der Waals surface area contributed by atoms with Crippen molar-refractivity contribution in [2.75, 3.05) is 26.5 Å². The topological polar surface area (TPSA) is 103 Å². The van der Waals surface area contributed by atoms with Crippen LogP contribution >= 0.6 is 0 Å². The van der Waals surface area contributed by atoms with Crippen LogP contribution in [0.25, 0.3) is 11.1 Å². The predicted molar refractivity (Wildman–Crippen MR) is 127 cm³/mol. The number of rotatable bonds is 11. The summed E-state index contributed by atoms with van der Waals surface area (Å²) in [5.41, 5.74) is 3.32. The zero-order valence-electron chi connectivity index (χ0n) is 19.9. The van der Waals surface area contributed by atoms with Crippen LogP contribution in [0.2, 0.25) is 0 Å². The normalized spacial score (nSPS) is 12.4. The van der Waals surface area contributed by atoms with E-state index in [9.17, 15) is 14.4 Å². The lowest BCUT2D eigenvalue weighted by atomic mass is 9.98. The van der Waals surface area contributed by atoms with Crippen LogP contribution in [0.5, 0.6) is 0 Å². The van der Waals surface area contributed by atoms with E-state index in [0.717, 1.165) is 35.1 Å². The molecule has 182 valence electrons. The molecule has 0 fully saturated rings. The van der Waals surface area contributed by atoms with E-state index >= 15 is 0 Å². The van der Waals surface area contributed by atoms with Gasteiger partial charge in [-0.15, -0.1) is 0 Å². The molecule has 0 atom stereocenters. The number of fused-ring (bicyclic) bond motifs is 3. The van der Waals surface area contributed by atoms with Gasteiger partial charge >= 0.3 is 12.1 Å². The van der Waals surface area contributed by atoms with E-state index in [2.05, 4.69) is 22.8 Å². The number of benzene rings is 2. The van der Waals surface area contributed by atoms with E-state index in [1.807, 2.05) is 43.3 Å². The molecule has 0 saturated carbocycles. The largest absolute Gasteiger partial charge is 0.464 e. The Bertz CT molecular complexity index is 974. The van der Waals surface area contributed by atoms with Gasteiger partial charge in [0.15, 0.2) is 5.60 Å². The number of hydrogen-bond acceptors (Lipinski definition) is 6. The number of carbonyl (C=O) groups excluding carboxylic acids is 3. The molecule has 0 aromatic heterocycles. The van der Waals surface area contributed by atoms with Gasteiger partial charge in [-0.2, -0.15) is 0 Å². The number of hydrogen-bond donors (Lipinski definition) is 2. The van der Waals surface area contributed by atoms with Crippen LogP contribution in [0, 0.1) is 0 Å². The molecule has 0 bridgehead atoms. The first-order valence-electron chi connectivity index (χ1n) is 11.5. The lowest BCUT2D eigenvalue weighted by Gasteiger charge is -2.23. The van der Waals surface area contributed by atoms with Gasteiger partial charge in [0.1, 0.15) is 19.9 Å². The lowest BCUT2D eigenvalue weighted by molar-refractivity contribution is -0.169. The van der Waals surface area contributed by atoms with E-state index in [1.54, 1.807) is 13.8 Å². The van der Waals surface area contributed by atoms with Gasteiger partial charge in [0.05, 0.1) is 6.61 Å². The van der Waals surface area contributed by atoms with Crippen LogP contribution in [-0.2, 0) is 23.8 Å². The Hall–Kier alpha value is -3.39. The van der Waals surface area contributed by atoms with Gasteiger partial charge in [0.2, 0.25) is 5.91 Å². The van der Waals surface area contributed by atoms with Crippen molar-refractivity contribution >= 4 is 18.0 Å². The van der Waals surface area contributed by atoms with Crippen LogP contribution in [-0.4, -0.2) is 50.1 Å². The van der Waals surface area contributed by atoms with Gasteiger partial charge < -0.3 is 24.8 Å². The molecular weight excluding hydrogens is 436 g/mol. The van der Waals surface area contributed by atoms with Crippen LogP contribution in [0.4, 0.5) is 4.79 Å². The highest BCUT2D eigenvalue weighted by atomic mass is 16.6. The Balaban J connectivity index is 1.39. The van der Waals surface area contributed by atoms with Crippen LogP contribution in [0.1, 0.15) is 50.7 Å². The average molecular weight is 469 g/mol. The van der Waals surface area contributed by atoms with E-state index in [4.69, 9.17) is 14.2 Å². The third kappa shape index (κ3) is 6.35. The minimum atomic E-state index is -1.19. The minimum absolute atomic E-state index is 0.0558. The molecule has 2 aromatic rings. The SMILES string of the molecule is CCCCOC(=O)C(C)(C)OCNC(=O)CNC(=O)OCC1c2ccccc2-c2ccccc21. The van der Waals surface area contributed by atoms with E-state index in [1.165, 1.54) is 0 Å². The first-order valence-corrected chi connectivity index (χ1v) is 11.5. The highest BCUT2D eigenvalue weighted by molar-refractivity contribution is 5.82. The number of nitrogens with one attached hydrogen (secondary N) is 2. The maximum atomic E-state index is 12.2. The Morgan fingerprint density at radius 3 is 2.15 bits per heavy atom. The third-order valence-corrected chi connectivity index (χ3v) is 5.66. The molecule has 0 aliphatic heterocycles. The van der Waals surface area contributed by atoms with Gasteiger partial charge in [-0.05, 0) is 42.5 Å². The van der Waals surface area contributed by atoms with Crippen molar-refractivity contribution in [2.24, 2.45) is 0 Å². The number of esters is 1. The number of amides is 2. The van der Waals surface area contributed by atoms with E-state index < -0.39 is 23.6 Å². The number of alkyl carbamates (subject to hydrolysis) is 1. The highest BCUT2D eigenvalue weighted by Gasteiger charge is 2.31. The smallest absolute Gasteiger partial charge is 0.407 e. The summed E-state index contributed by atoms with van der Waals surface area (Å²) in [5.74, 6) is -1.02. The van der Waals surface area contributed by atoms with Gasteiger partial charge in [0, 0.05) is 5.92 Å². The second-order valence-corrected chi connectivity index (χ2v) is 8.57. The zero-order chi connectivity index (χ0) is 24.6. The molecule has 2 aromatic carbocycles. The van der Waals surface area contributed by atoms with Crippen molar-refractivity contribution in [3.8, 4) is 11.1 Å². The maximum Gasteiger partial charge on any atom is 0.407 e. The standard InChI is InChI=1S/C26H32N2O6/c1-4-5-14-32-24(30)26(2,3)34-17-28-23(29)15-27-25(31)33-16-22-20-12-8-6-10-18(20)19-11-7-9-13-21(19)22/h6-13,22H,4-5,14-17H2,1-3H3,(H,27,31)(H,28,29). The number of ether oxygens (including phenoxy) is 3. The molecule has 3 rings (SSSR count). The van der Waals surface area contributed by atoms with Crippen molar-refractivity contribution < 1.29 is 28.6 Å². The number of unbranched alkanes of at least 4 members (excludes halogenated alkanes) is 1. The van der Waals surface area contributed by atoms with Crippen molar-refractivity contribution in [1.29, 1.82) is 0 Å². The molecule has 0 heterocycles. The zero-order valence-corrected chi connectivity index (χ0v) is 19.9. The summed E-state index contributed by atoms with van der Waals surface area (Å²) in [4.78, 5) is 36.2.